The van der Waals surface area contributed by atoms with E-state index in [0.29, 0.717) is 63.2 Å². The molecule has 0 saturated carbocycles. The molecule has 0 aliphatic heterocycles. The molecule has 0 amide bonds. The molecule has 2 aromatic heterocycles. The Kier molecular flexibility index (Phi) is 36.5. The van der Waals surface area contributed by atoms with E-state index >= 15 is 0 Å². The van der Waals surface area contributed by atoms with Crippen LogP contribution in [0.25, 0.3) is 21.5 Å². The third-order valence-electron chi connectivity index (χ3n) is 12.1. The molecule has 474 valence electrons. The van der Waals surface area contributed by atoms with Crippen molar-refractivity contribution in [3.8, 4) is 11.5 Å². The van der Waals surface area contributed by atoms with Gasteiger partial charge in [0.15, 0.2) is 0 Å². The van der Waals surface area contributed by atoms with Crippen LogP contribution in [0.5, 0.6) is 11.5 Å². The molecule has 8 rings (SSSR count). The summed E-state index contributed by atoms with van der Waals surface area (Å²) < 4.78 is 155. The normalized spacial score (nSPS) is 11.5. The van der Waals surface area contributed by atoms with E-state index in [1.165, 1.54) is 24.3 Å². The zero-order valence-electron chi connectivity index (χ0n) is 51.3. The van der Waals surface area contributed by atoms with Gasteiger partial charge in [0.1, 0.15) is 30.0 Å². The Hall–Kier alpha value is -3.06. The zero-order chi connectivity index (χ0) is 65.3. The first kappa shape index (κ1) is 89.0. The second-order valence-electron chi connectivity index (χ2n) is 18.4. The number of carbonyl (C=O) groups is 2. The number of hydrogen-bond acceptors (Lipinski definition) is 32. The SMILES string of the molecule is O=C([O-])c1ccccc1N=Nc1c(S(=O)(=O)O)cc2cc(S(=O)(=O)[O-])cc(Nc3nc(Cl)nc(NCCCOCCCCOCCCNc4nc(Cl)nc(Nc5cc(S(=O)(=O)[O-])cc6cc(S(=O)(=O)O)c(N=Nc7ccccc7C(=O)[O-])c([O-])c56)n4)n3)c2c1[O-].[Na+].[Na+].[Na+].[Na+].[Na+].[Na+]. The smallest absolute Gasteiger partial charge is 0.870 e. The van der Waals surface area contributed by atoms with Crippen molar-refractivity contribution in [1.82, 2.24) is 29.9 Å². The van der Waals surface area contributed by atoms with Gasteiger partial charge in [0, 0.05) is 62.0 Å². The van der Waals surface area contributed by atoms with Gasteiger partial charge in [0.2, 0.25) is 34.4 Å². The minimum Gasteiger partial charge on any atom is -0.870 e. The maximum atomic E-state index is 14.0. The predicted molar refractivity (Wildman–Crippen MR) is 306 cm³/mol. The number of azo groups is 2. The number of rotatable bonds is 29. The van der Waals surface area contributed by atoms with Gasteiger partial charge in [0.05, 0.1) is 44.5 Å². The summed E-state index contributed by atoms with van der Waals surface area (Å²) in [5, 5.41) is 74.2. The number of carbonyl (C=O) groups excluding carboxylic acids is 2. The van der Waals surface area contributed by atoms with Crippen LogP contribution in [-0.4, -0.2) is 133 Å². The Morgan fingerprint density at radius 1 is 0.479 bits per heavy atom. The molecule has 6 N–H and O–H groups in total. The van der Waals surface area contributed by atoms with Crippen molar-refractivity contribution in [3.63, 3.8) is 0 Å². The number of carboxylic acid groups (broad SMARTS) is 2. The molecule has 0 unspecified atom stereocenters. The van der Waals surface area contributed by atoms with E-state index in [1.54, 1.807) is 0 Å². The third-order valence-corrected chi connectivity index (χ3v) is 15.8. The number of anilines is 6. The second kappa shape index (κ2) is 39.4. The summed E-state index contributed by atoms with van der Waals surface area (Å²) in [7, 11) is -21.2. The number of aromatic nitrogens is 6. The molecule has 34 nitrogen and oxygen atoms in total. The van der Waals surface area contributed by atoms with E-state index in [1.807, 2.05) is 0 Å². The zero-order valence-corrected chi connectivity index (χ0v) is 68.0. The van der Waals surface area contributed by atoms with Crippen LogP contribution >= 0.6 is 23.2 Å². The molecule has 0 radical (unpaired) electrons. The summed E-state index contributed by atoms with van der Waals surface area (Å²) in [6.07, 6.45) is 2.03. The van der Waals surface area contributed by atoms with Gasteiger partial charge >= 0.3 is 177 Å². The predicted octanol–water partition coefficient (Wildman–Crippen LogP) is -13.7. The number of nitrogens with zero attached hydrogens (tertiary/aromatic N) is 10. The van der Waals surface area contributed by atoms with Gasteiger partial charge in [-0.05, 0) is 119 Å². The fourth-order valence-electron chi connectivity index (χ4n) is 8.20. The monoisotopic (exact) mass is 1490 g/mol. The van der Waals surface area contributed by atoms with E-state index in [4.69, 9.17) is 32.7 Å². The molecular weight excluding hydrogens is 1450 g/mol. The Bertz CT molecular complexity index is 4410. The van der Waals surface area contributed by atoms with Crippen LogP contribution in [0.3, 0.4) is 0 Å². The quantitative estimate of drug-likeness (QED) is 0.0110. The van der Waals surface area contributed by atoms with Crippen LogP contribution in [0.15, 0.2) is 125 Å². The first-order valence-corrected chi connectivity index (χ1v) is 31.9. The maximum absolute atomic E-state index is 14.0. The summed E-state index contributed by atoms with van der Waals surface area (Å²) in [4.78, 5) is 43.2. The van der Waals surface area contributed by atoms with Gasteiger partial charge in [0.25, 0.3) is 20.2 Å². The number of aromatic carboxylic acids is 2. The van der Waals surface area contributed by atoms with Crippen LogP contribution in [-0.2, 0) is 49.9 Å². The largest absolute Gasteiger partial charge is 1.00 e. The molecule has 8 aromatic rings. The number of fused-ring (bicyclic) bond motifs is 2. The molecule has 0 bridgehead atoms. The molecule has 0 atom stereocenters. The standard InChI is InChI=1S/C50H46Cl2N14O20S4.6Na/c51-45-57-47(61-49(59-45)55-33-23-27(87(73,74)75)19-25-21-35(89(79,80)81)39(41(67)37(25)33)65-63-31-11-3-1-9-29(31)43(69)70)53-13-7-17-85-15-5-6-16-86-18-8-14-54-48-58-46(52)60-50(62-48)56-34-24-28(88(76,77)78)20-26-22-36(90(82,83)84)40(42(68)38(26)34)66-64-32-12-4-2-10-30(32)44(71)72;;;;;;/h1-4,9-12,19-24,67-68H,5-8,13-18H2,(H,69,70)(H,71,72)(H,73,74,75)(H,76,77,78)(H,79,80,81)(H,82,83,84)(H2,53,55,57,59,61)(H2,54,56,58,60,62);;;;;;/q;6*+1/p-6. The number of carboxylic acids is 2. The fourth-order valence-corrected chi connectivity index (χ4v) is 10.9. The average Bonchev–Trinajstić information content (AvgIpc) is 0.755. The Labute approximate surface area is 688 Å². The minimum atomic E-state index is -5.32. The van der Waals surface area contributed by atoms with E-state index in [0.717, 1.165) is 36.4 Å². The Morgan fingerprint density at radius 3 is 1.15 bits per heavy atom. The van der Waals surface area contributed by atoms with Crippen LogP contribution in [0.2, 0.25) is 10.6 Å². The van der Waals surface area contributed by atoms with E-state index in [9.17, 15) is 81.9 Å². The minimum absolute atomic E-state index is 0. The summed E-state index contributed by atoms with van der Waals surface area (Å²) in [6.45, 7) is 1.67. The first-order chi connectivity index (χ1) is 42.5. The molecular formula is C50H40Cl2N14Na6O20S4. The second-order valence-corrected chi connectivity index (χ2v) is 24.6. The number of nitrogens with one attached hydrogen (secondary N) is 4. The molecule has 6 aromatic carbocycles. The molecule has 0 saturated heterocycles. The van der Waals surface area contributed by atoms with Crippen LogP contribution in [0, 0.1) is 0 Å². The van der Waals surface area contributed by atoms with Crippen molar-refractivity contribution in [2.24, 2.45) is 20.5 Å². The van der Waals surface area contributed by atoms with Crippen molar-refractivity contribution in [2.45, 2.75) is 45.3 Å². The molecule has 0 aliphatic carbocycles. The van der Waals surface area contributed by atoms with Crippen LogP contribution in [0.1, 0.15) is 46.4 Å². The van der Waals surface area contributed by atoms with E-state index in [2.05, 4.69) is 71.6 Å². The van der Waals surface area contributed by atoms with Crippen molar-refractivity contribution >= 4 is 155 Å². The van der Waals surface area contributed by atoms with Crippen molar-refractivity contribution in [2.75, 3.05) is 60.8 Å². The van der Waals surface area contributed by atoms with Gasteiger partial charge in [-0.1, -0.05) is 47.9 Å². The van der Waals surface area contributed by atoms with Crippen molar-refractivity contribution < 1.29 is 269 Å². The van der Waals surface area contributed by atoms with Crippen molar-refractivity contribution in [3.05, 3.63) is 107 Å². The van der Waals surface area contributed by atoms with Gasteiger partial charge in [-0.25, -0.2) is 16.8 Å². The maximum Gasteiger partial charge on any atom is 1.00 e. The molecule has 0 aliphatic rings. The fraction of sp³-hybridized carbons (Fsp3) is 0.200. The van der Waals surface area contributed by atoms with E-state index < -0.39 is 161 Å². The number of benzene rings is 6. The van der Waals surface area contributed by atoms with Gasteiger partial charge in [-0.2, -0.15) is 46.7 Å². The summed E-state index contributed by atoms with van der Waals surface area (Å²) in [6, 6.07) is 14.0. The number of halogens is 2. The number of unbranched alkanes of at least 4 members (excludes halogenated alkanes) is 1. The Balaban J connectivity index is 0.00000523. The van der Waals surface area contributed by atoms with Crippen LogP contribution < -0.4 is 219 Å². The number of ether oxygens (including phenoxy) is 2. The van der Waals surface area contributed by atoms with Crippen LogP contribution in [0.4, 0.5) is 57.9 Å². The summed E-state index contributed by atoms with van der Waals surface area (Å²) in [5.74, 6) is -6.98. The average molecular weight is 1490 g/mol. The number of hydrogen-bond donors (Lipinski definition) is 6. The summed E-state index contributed by atoms with van der Waals surface area (Å²) in [5.41, 5.74) is -4.72. The first-order valence-electron chi connectivity index (χ1n) is 25.4. The molecule has 0 fully saturated rings. The van der Waals surface area contributed by atoms with Gasteiger partial charge in [-0.3, -0.25) is 9.11 Å². The molecule has 46 heteroatoms. The van der Waals surface area contributed by atoms with E-state index in [-0.39, 0.29) is 227 Å². The third kappa shape index (κ3) is 24.3. The Morgan fingerprint density at radius 2 is 0.812 bits per heavy atom. The van der Waals surface area contributed by atoms with Crippen molar-refractivity contribution in [1.29, 1.82) is 0 Å². The summed E-state index contributed by atoms with van der Waals surface area (Å²) >= 11 is 12.3. The molecule has 96 heavy (non-hydrogen) atoms. The van der Waals surface area contributed by atoms with Gasteiger partial charge in [-0.15, -0.1) is 20.5 Å². The molecule has 0 spiro atoms. The van der Waals surface area contributed by atoms with Gasteiger partial charge < -0.3 is 69.9 Å². The topological polar surface area (TPSA) is 543 Å². The molecule has 2 heterocycles.